The van der Waals surface area contributed by atoms with Crippen molar-refractivity contribution in [2.75, 3.05) is 0 Å². The van der Waals surface area contributed by atoms with Crippen LogP contribution in [0.4, 0.5) is 0 Å². The van der Waals surface area contributed by atoms with Crippen LogP contribution in [0.2, 0.25) is 0 Å². The van der Waals surface area contributed by atoms with Crippen molar-refractivity contribution >= 4 is 65.8 Å². The van der Waals surface area contributed by atoms with Crippen molar-refractivity contribution in [3.05, 3.63) is 133 Å². The normalized spacial score (nSPS) is 12.5. The van der Waals surface area contributed by atoms with E-state index in [2.05, 4.69) is 131 Å². The first-order valence-corrected chi connectivity index (χ1v) is 18.1. The minimum absolute atomic E-state index is 0. The van der Waals surface area contributed by atoms with Crippen LogP contribution in [0.15, 0.2) is 120 Å². The van der Waals surface area contributed by atoms with Crippen LogP contribution in [0.5, 0.6) is 0 Å². The van der Waals surface area contributed by atoms with Crippen molar-refractivity contribution in [1.82, 2.24) is 24.5 Å². The third kappa shape index (κ3) is 5.30. The van der Waals surface area contributed by atoms with Crippen LogP contribution in [0.25, 0.3) is 94.1 Å². The number of fused-ring (bicyclic) bond motifs is 9. The summed E-state index contributed by atoms with van der Waals surface area (Å²) < 4.78 is 8.75. The zero-order valence-corrected chi connectivity index (χ0v) is 33.2. The first-order valence-electron chi connectivity index (χ1n) is 18.1. The number of pyridine rings is 1. The largest absolute Gasteiger partial charge is 2.00 e. The van der Waals surface area contributed by atoms with Gasteiger partial charge >= 0.3 is 21.1 Å². The van der Waals surface area contributed by atoms with Gasteiger partial charge in [-0.15, -0.1) is 40.9 Å². The van der Waals surface area contributed by atoms with Crippen LogP contribution < -0.4 is 4.98 Å². The van der Waals surface area contributed by atoms with E-state index >= 15 is 0 Å². The Morgan fingerprint density at radius 3 is 2.22 bits per heavy atom. The van der Waals surface area contributed by atoms with Crippen molar-refractivity contribution < 1.29 is 25.5 Å². The summed E-state index contributed by atoms with van der Waals surface area (Å²) >= 11 is 0. The molecule has 0 atom stereocenters. The van der Waals surface area contributed by atoms with E-state index in [9.17, 15) is 0 Å². The van der Waals surface area contributed by atoms with E-state index in [4.69, 9.17) is 24.4 Å². The van der Waals surface area contributed by atoms with E-state index in [1.807, 2.05) is 36.5 Å². The van der Waals surface area contributed by atoms with Gasteiger partial charge in [-0.25, -0.2) is 9.97 Å². The van der Waals surface area contributed by atoms with E-state index in [-0.39, 0.29) is 31.9 Å². The number of aromatic nitrogens is 5. The maximum Gasteiger partial charge on any atom is 2.00 e. The number of nitrogens with zero attached hydrogens (tertiary/aromatic N) is 5. The maximum atomic E-state index is 6.58. The van der Waals surface area contributed by atoms with E-state index in [0.717, 1.165) is 77.0 Å². The predicted molar refractivity (Wildman–Crippen MR) is 217 cm³/mol. The zero-order chi connectivity index (χ0) is 36.2. The van der Waals surface area contributed by atoms with E-state index in [1.165, 1.54) is 11.1 Å². The van der Waals surface area contributed by atoms with Gasteiger partial charge in [-0.3, -0.25) is 4.98 Å². The smallest absolute Gasteiger partial charge is 0.656 e. The molecule has 0 saturated carbocycles. The molecule has 54 heavy (non-hydrogen) atoms. The van der Waals surface area contributed by atoms with Gasteiger partial charge in [0.25, 0.3) is 0 Å². The molecule has 5 aromatic carbocycles. The summed E-state index contributed by atoms with van der Waals surface area (Å²) in [7, 11) is 0. The van der Waals surface area contributed by atoms with Crippen molar-refractivity contribution in [1.29, 1.82) is 0 Å². The topological polar surface area (TPSA) is 70.8 Å². The Hall–Kier alpha value is -5.58. The number of benzene rings is 5. The molecule has 6 nitrogen and oxygen atoms in total. The van der Waals surface area contributed by atoms with Crippen LogP contribution in [-0.2, 0) is 31.9 Å². The van der Waals surface area contributed by atoms with Gasteiger partial charge in [-0.05, 0) is 74.8 Å². The molecule has 0 radical (unpaired) electrons. The Morgan fingerprint density at radius 2 is 1.41 bits per heavy atom. The molecular formula is C47H37N5OPt. The number of hydrogen-bond donors (Lipinski definition) is 0. The van der Waals surface area contributed by atoms with E-state index in [1.54, 1.807) is 0 Å². The van der Waals surface area contributed by atoms with E-state index < -0.39 is 0 Å². The molecule has 5 aromatic heterocycles. The van der Waals surface area contributed by atoms with Gasteiger partial charge in [-0.1, -0.05) is 96.1 Å². The van der Waals surface area contributed by atoms with Gasteiger partial charge in [0, 0.05) is 33.6 Å². The van der Waals surface area contributed by atoms with Gasteiger partial charge < -0.3 is 14.0 Å². The molecule has 0 aliphatic carbocycles. The minimum Gasteiger partial charge on any atom is -0.656 e. The molecule has 0 aliphatic rings. The number of furan rings is 1. The van der Waals surface area contributed by atoms with Gasteiger partial charge in [-0.2, -0.15) is 0 Å². The maximum absolute atomic E-state index is 6.58. The van der Waals surface area contributed by atoms with Crippen molar-refractivity contribution in [2.45, 2.75) is 52.4 Å². The van der Waals surface area contributed by atoms with Crippen LogP contribution in [0.3, 0.4) is 0 Å². The molecule has 0 saturated heterocycles. The van der Waals surface area contributed by atoms with E-state index in [0.29, 0.717) is 17.1 Å². The second-order valence-electron chi connectivity index (χ2n) is 16.1. The Labute approximate surface area is 327 Å². The zero-order valence-electron chi connectivity index (χ0n) is 30.9. The fraction of sp³-hybridized carbons (Fsp3) is 0.170. The molecule has 0 fully saturated rings. The second-order valence-corrected chi connectivity index (χ2v) is 16.1. The number of hydrogen-bond acceptors (Lipinski definition) is 4. The first kappa shape index (κ1) is 34.2. The van der Waals surface area contributed by atoms with Crippen molar-refractivity contribution in [3.8, 4) is 28.3 Å². The molecule has 0 N–H and O–H groups in total. The van der Waals surface area contributed by atoms with Crippen molar-refractivity contribution in [3.63, 3.8) is 0 Å². The van der Waals surface area contributed by atoms with Crippen LogP contribution >= 0.6 is 0 Å². The van der Waals surface area contributed by atoms with Gasteiger partial charge in [0.2, 0.25) is 0 Å². The van der Waals surface area contributed by atoms with Crippen LogP contribution in [0.1, 0.15) is 52.7 Å². The summed E-state index contributed by atoms with van der Waals surface area (Å²) in [6.07, 6.45) is 1.84. The summed E-state index contributed by atoms with van der Waals surface area (Å²) in [4.78, 5) is 20.8. The molecule has 0 amide bonds. The quantitative estimate of drug-likeness (QED) is 0.165. The Kier molecular flexibility index (Phi) is 7.74. The molecule has 0 aliphatic heterocycles. The third-order valence-electron chi connectivity index (χ3n) is 10.5. The third-order valence-corrected chi connectivity index (χ3v) is 10.5. The average Bonchev–Trinajstić information content (AvgIpc) is 3.83. The second kappa shape index (κ2) is 12.2. The minimum atomic E-state index is -0.123. The summed E-state index contributed by atoms with van der Waals surface area (Å²) in [5, 5.41) is 5.44. The Bertz CT molecular complexity index is 3040. The summed E-state index contributed by atoms with van der Waals surface area (Å²) in [5.41, 5.74) is 11.6. The Balaban J connectivity index is 0.00000384. The SMILES string of the molecule is CC(C)(C)c1ccc2[n-]c3c(-c4nc(-c5[c-]c(-n6c7ccccc7c7cccnc76)ccc5)c5oc6ccccc6c5n4)cc(C(C)(C)C)cc3c2c1.[Pt+2]. The molecule has 10 rings (SSSR count). The predicted octanol–water partition coefficient (Wildman–Crippen LogP) is 11.9. The standard InChI is InChI=1S/C47H37N5O.Pt/c1-46(2,3)28-20-21-37-34(24-28)35-25-29(47(4,5)6)26-36(41(35)49-37)44-50-40(43-42(51-44)33-16-8-10-19-39(33)53-43)27-13-11-14-30(23-27)52-38-18-9-7-15-31(38)32-17-12-22-48-45(32)52;/h7-22,24-26H,1-6H3;/q-2;+2. The fourth-order valence-electron chi connectivity index (χ4n) is 7.66. The molecule has 7 heteroatoms. The molecule has 5 heterocycles. The first-order chi connectivity index (χ1) is 25.5. The molecule has 0 unspecified atom stereocenters. The number of rotatable bonds is 3. The van der Waals surface area contributed by atoms with Crippen LogP contribution in [-0.4, -0.2) is 19.5 Å². The monoisotopic (exact) mass is 882 g/mol. The fourth-order valence-corrected chi connectivity index (χ4v) is 7.66. The van der Waals surface area contributed by atoms with Gasteiger partial charge in [0.05, 0.1) is 5.52 Å². The summed E-state index contributed by atoms with van der Waals surface area (Å²) in [6, 6.07) is 41.7. The Morgan fingerprint density at radius 1 is 0.667 bits per heavy atom. The average molecular weight is 883 g/mol. The van der Waals surface area contributed by atoms with Gasteiger partial charge in [0.15, 0.2) is 0 Å². The molecule has 0 spiro atoms. The summed E-state index contributed by atoms with van der Waals surface area (Å²) in [6.45, 7) is 13.5. The van der Waals surface area contributed by atoms with Gasteiger partial charge in [0.1, 0.15) is 28.2 Å². The molecule has 10 aromatic rings. The molecular weight excluding hydrogens is 846 g/mol. The summed E-state index contributed by atoms with van der Waals surface area (Å²) in [5.74, 6) is 0.603. The molecule has 266 valence electrons. The number of para-hydroxylation sites is 2. The van der Waals surface area contributed by atoms with Crippen molar-refractivity contribution in [2.24, 2.45) is 0 Å². The molecule has 0 bridgehead atoms. The van der Waals surface area contributed by atoms with Crippen LogP contribution in [0, 0.1) is 6.07 Å².